The lowest BCUT2D eigenvalue weighted by atomic mass is 9.90. The second-order valence-electron chi connectivity index (χ2n) is 6.87. The molecule has 0 amide bonds. The van der Waals surface area contributed by atoms with E-state index in [0.717, 1.165) is 9.13 Å². The zero-order valence-electron chi connectivity index (χ0n) is 14.1. The quantitative estimate of drug-likeness (QED) is 0.516. The lowest BCUT2D eigenvalue weighted by Crippen LogP contribution is -2.29. The fourth-order valence-electron chi connectivity index (χ4n) is 2.26. The molecule has 0 saturated carbocycles. The Hall–Kier alpha value is -1.11. The third-order valence-electron chi connectivity index (χ3n) is 3.49. The number of benzene rings is 1. The van der Waals surface area contributed by atoms with Crippen LogP contribution in [0.25, 0.3) is 0 Å². The number of aliphatic carboxylic acids is 1. The van der Waals surface area contributed by atoms with Crippen molar-refractivity contribution in [2.75, 3.05) is 0 Å². The van der Waals surface area contributed by atoms with E-state index in [4.69, 9.17) is 4.74 Å². The first-order valence-corrected chi connectivity index (χ1v) is 8.86. The van der Waals surface area contributed by atoms with Crippen molar-refractivity contribution in [2.45, 2.75) is 52.6 Å². The van der Waals surface area contributed by atoms with Gasteiger partial charge in [0.15, 0.2) is 0 Å². The van der Waals surface area contributed by atoms with Gasteiger partial charge in [0, 0.05) is 3.57 Å². The molecule has 0 aliphatic rings. The number of hydrogen-bond donors (Lipinski definition) is 1. The molecule has 1 aromatic rings. The topological polar surface area (TPSA) is 63.6 Å². The summed E-state index contributed by atoms with van der Waals surface area (Å²) in [6.45, 7) is 7.16. The predicted octanol–water partition coefficient (Wildman–Crippen LogP) is 4.29. The highest BCUT2D eigenvalue weighted by atomic mass is 127. The van der Waals surface area contributed by atoms with Crippen molar-refractivity contribution in [1.29, 1.82) is 0 Å². The molecule has 0 aliphatic heterocycles. The van der Waals surface area contributed by atoms with Crippen LogP contribution in [0.5, 0.6) is 0 Å². The molecule has 1 N–H and O–H groups in total. The number of ether oxygens (including phenoxy) is 1. The number of carbonyl (C=O) groups excluding carboxylic acids is 1. The lowest BCUT2D eigenvalue weighted by Gasteiger charge is -2.23. The van der Waals surface area contributed by atoms with Crippen LogP contribution in [-0.2, 0) is 20.7 Å². The van der Waals surface area contributed by atoms with Gasteiger partial charge in [0.25, 0.3) is 0 Å². The average molecular weight is 432 g/mol. The molecule has 0 aliphatic carbocycles. The van der Waals surface area contributed by atoms with E-state index in [1.165, 1.54) is 0 Å². The summed E-state index contributed by atoms with van der Waals surface area (Å²) >= 11 is 2.24. The van der Waals surface area contributed by atoms with Crippen LogP contribution in [0.4, 0.5) is 0 Å². The minimum Gasteiger partial charge on any atom is -0.481 e. The van der Waals surface area contributed by atoms with E-state index in [1.807, 2.05) is 45.0 Å². The molecule has 23 heavy (non-hydrogen) atoms. The zero-order chi connectivity index (χ0) is 17.6. The molecule has 2 unspecified atom stereocenters. The molecular weight excluding hydrogens is 407 g/mol. The Balaban J connectivity index is 2.59. The molecule has 0 spiro atoms. The number of carboxylic acids is 1. The van der Waals surface area contributed by atoms with Gasteiger partial charge in [0.2, 0.25) is 0 Å². The maximum Gasteiger partial charge on any atom is 0.309 e. The summed E-state index contributed by atoms with van der Waals surface area (Å²) in [5.41, 5.74) is 0.562. The average Bonchev–Trinajstić information content (AvgIpc) is 2.42. The highest BCUT2D eigenvalue weighted by Crippen LogP contribution is 2.22. The van der Waals surface area contributed by atoms with Crippen LogP contribution in [0.1, 0.15) is 46.1 Å². The molecule has 5 heteroatoms. The van der Waals surface area contributed by atoms with E-state index in [0.29, 0.717) is 19.3 Å². The van der Waals surface area contributed by atoms with Crippen LogP contribution in [-0.4, -0.2) is 22.6 Å². The zero-order valence-corrected chi connectivity index (χ0v) is 16.3. The standard InChI is InChI=1S/C18H25IO4/c1-12(17(22)23-18(2,3)4)11-14(16(20)21)8-5-13-6-9-15(19)10-7-13/h6-7,9-10,12,14H,5,8,11H2,1-4H3,(H,20,21). The second-order valence-corrected chi connectivity index (χ2v) is 8.12. The molecule has 0 heterocycles. The highest BCUT2D eigenvalue weighted by molar-refractivity contribution is 14.1. The van der Waals surface area contributed by atoms with Gasteiger partial charge in [-0.25, -0.2) is 0 Å². The predicted molar refractivity (Wildman–Crippen MR) is 98.2 cm³/mol. The summed E-state index contributed by atoms with van der Waals surface area (Å²) in [5.74, 6) is -2.16. The number of esters is 1. The monoisotopic (exact) mass is 432 g/mol. The lowest BCUT2D eigenvalue weighted by molar-refractivity contribution is -0.160. The Morgan fingerprint density at radius 1 is 1.22 bits per heavy atom. The largest absolute Gasteiger partial charge is 0.481 e. The van der Waals surface area contributed by atoms with Gasteiger partial charge in [0.1, 0.15) is 5.60 Å². The van der Waals surface area contributed by atoms with Crippen LogP contribution < -0.4 is 0 Å². The summed E-state index contributed by atoms with van der Waals surface area (Å²) in [6.07, 6.45) is 1.51. The molecule has 4 nitrogen and oxygen atoms in total. The number of carbonyl (C=O) groups is 2. The molecule has 0 aromatic heterocycles. The smallest absolute Gasteiger partial charge is 0.309 e. The summed E-state index contributed by atoms with van der Waals surface area (Å²) in [7, 11) is 0. The molecule has 0 fully saturated rings. The third kappa shape index (κ3) is 7.81. The summed E-state index contributed by atoms with van der Waals surface area (Å²) < 4.78 is 6.48. The molecule has 128 valence electrons. The Labute approximate surface area is 151 Å². The van der Waals surface area contributed by atoms with Gasteiger partial charge in [0.05, 0.1) is 11.8 Å². The van der Waals surface area contributed by atoms with E-state index in [9.17, 15) is 14.7 Å². The fraction of sp³-hybridized carbons (Fsp3) is 0.556. The van der Waals surface area contributed by atoms with Gasteiger partial charge in [-0.2, -0.15) is 0 Å². The van der Waals surface area contributed by atoms with E-state index >= 15 is 0 Å². The molecule has 1 aromatic carbocycles. The summed E-state index contributed by atoms with van der Waals surface area (Å²) in [6, 6.07) is 8.04. The van der Waals surface area contributed by atoms with Gasteiger partial charge < -0.3 is 9.84 Å². The number of hydrogen-bond acceptors (Lipinski definition) is 3. The maximum atomic E-state index is 12.0. The normalized spacial score (nSPS) is 14.1. The van der Waals surface area contributed by atoms with E-state index < -0.39 is 23.4 Å². The molecular formula is C18H25IO4. The number of aryl methyl sites for hydroxylation is 1. The highest BCUT2D eigenvalue weighted by Gasteiger charge is 2.27. The van der Waals surface area contributed by atoms with Gasteiger partial charge in [-0.1, -0.05) is 19.1 Å². The number of carboxylic acid groups (broad SMARTS) is 1. The Morgan fingerprint density at radius 2 is 1.78 bits per heavy atom. The maximum absolute atomic E-state index is 12.0. The van der Waals surface area contributed by atoms with Crippen LogP contribution in [0, 0.1) is 15.4 Å². The van der Waals surface area contributed by atoms with Crippen LogP contribution >= 0.6 is 22.6 Å². The van der Waals surface area contributed by atoms with Gasteiger partial charge in [-0.05, 0) is 80.3 Å². The molecule has 2 atom stereocenters. The Kier molecular flexibility index (Phi) is 7.51. The Bertz CT molecular complexity index is 531. The van der Waals surface area contributed by atoms with Gasteiger partial charge in [-0.15, -0.1) is 0 Å². The van der Waals surface area contributed by atoms with E-state index in [-0.39, 0.29) is 5.97 Å². The van der Waals surface area contributed by atoms with E-state index in [1.54, 1.807) is 6.92 Å². The number of rotatable bonds is 7. The third-order valence-corrected chi connectivity index (χ3v) is 4.21. The van der Waals surface area contributed by atoms with Crippen LogP contribution in [0.15, 0.2) is 24.3 Å². The van der Waals surface area contributed by atoms with Crippen molar-refractivity contribution in [3.63, 3.8) is 0 Å². The molecule has 1 rings (SSSR count). The minimum atomic E-state index is -0.856. The first-order valence-electron chi connectivity index (χ1n) is 7.78. The first kappa shape index (κ1) is 19.9. The van der Waals surface area contributed by atoms with Crippen molar-refractivity contribution < 1.29 is 19.4 Å². The van der Waals surface area contributed by atoms with Gasteiger partial charge in [-0.3, -0.25) is 9.59 Å². The van der Waals surface area contributed by atoms with Crippen molar-refractivity contribution >= 4 is 34.5 Å². The fourth-order valence-corrected chi connectivity index (χ4v) is 2.62. The van der Waals surface area contributed by atoms with Crippen molar-refractivity contribution in [3.05, 3.63) is 33.4 Å². The van der Waals surface area contributed by atoms with Crippen molar-refractivity contribution in [1.82, 2.24) is 0 Å². The Morgan fingerprint density at radius 3 is 2.26 bits per heavy atom. The minimum absolute atomic E-state index is 0.300. The summed E-state index contributed by atoms with van der Waals surface area (Å²) in [5, 5.41) is 9.41. The SMILES string of the molecule is CC(CC(CCc1ccc(I)cc1)C(=O)O)C(=O)OC(C)(C)C. The van der Waals surface area contributed by atoms with Crippen LogP contribution in [0.2, 0.25) is 0 Å². The molecule has 0 bridgehead atoms. The molecule has 0 radical (unpaired) electrons. The molecule has 0 saturated heterocycles. The van der Waals surface area contributed by atoms with Crippen molar-refractivity contribution in [2.24, 2.45) is 11.8 Å². The first-order chi connectivity index (χ1) is 10.6. The number of halogens is 1. The van der Waals surface area contributed by atoms with Crippen LogP contribution in [0.3, 0.4) is 0 Å². The van der Waals surface area contributed by atoms with E-state index in [2.05, 4.69) is 22.6 Å². The second kappa shape index (κ2) is 8.66. The summed E-state index contributed by atoms with van der Waals surface area (Å²) in [4.78, 5) is 23.5. The van der Waals surface area contributed by atoms with Gasteiger partial charge >= 0.3 is 11.9 Å². The van der Waals surface area contributed by atoms with Crippen molar-refractivity contribution in [3.8, 4) is 0 Å².